The maximum Gasteiger partial charge on any atom is 0.355 e. The molecule has 3 aliphatic rings. The summed E-state index contributed by atoms with van der Waals surface area (Å²) in [5.41, 5.74) is 1.66. The Morgan fingerprint density at radius 1 is 1.06 bits per heavy atom. The molecule has 3 aliphatic heterocycles. The third-order valence-electron chi connectivity index (χ3n) is 9.48. The van der Waals surface area contributed by atoms with Crippen molar-refractivity contribution in [3.05, 3.63) is 59.7 Å². The lowest BCUT2D eigenvalue weighted by Gasteiger charge is -2.33. The zero-order valence-corrected chi connectivity index (χ0v) is 29.2. The van der Waals surface area contributed by atoms with Crippen LogP contribution in [0, 0.1) is 11.8 Å². The number of aromatic hydroxyl groups is 1. The maximum absolute atomic E-state index is 13.9. The average molecular weight is 681 g/mol. The van der Waals surface area contributed by atoms with Crippen molar-refractivity contribution in [2.24, 2.45) is 11.8 Å². The van der Waals surface area contributed by atoms with Gasteiger partial charge in [0.1, 0.15) is 24.1 Å². The summed E-state index contributed by atoms with van der Waals surface area (Å²) in [5, 5.41) is 41.7. The quantitative estimate of drug-likeness (QED) is 0.174. The molecule has 0 spiro atoms. The van der Waals surface area contributed by atoms with E-state index < -0.39 is 30.3 Å². The standard InChI is InChI=1S/C37H53N5O7/c1-5-24(4)33-36(47)38-17-7-19-49-28-15-11-26(12-16-28)21-30(35(46)41-33)39-22-31(44)29(20-25-9-13-27(43)14-10-25)40-37(48)34(23(2)3)42-18-6-8-32(42)45/h9-16,23-24,29-31,33-34,39,43-44H,5-8,17-22H2,1-4H3,(H,38,47)(H,40,48)(H,41,46)/p+1/t24?,29-,30-,31+,33-,34-/m0/s1. The van der Waals surface area contributed by atoms with Gasteiger partial charge in [0.25, 0.3) is 0 Å². The number of amides is 3. The van der Waals surface area contributed by atoms with Gasteiger partial charge >= 0.3 is 5.90 Å². The molecule has 49 heavy (non-hydrogen) atoms. The molecule has 2 aromatic carbocycles. The van der Waals surface area contributed by atoms with Crippen molar-refractivity contribution in [2.45, 2.75) is 96.5 Å². The fourth-order valence-corrected chi connectivity index (χ4v) is 6.38. The molecule has 268 valence electrons. The van der Waals surface area contributed by atoms with Gasteiger partial charge in [-0.3, -0.25) is 14.4 Å². The number of aliphatic hydroxyl groups is 2. The normalized spacial score (nSPS) is 21.5. The van der Waals surface area contributed by atoms with Crippen LogP contribution in [-0.2, 0) is 27.2 Å². The number of benzene rings is 2. The molecule has 3 heterocycles. The molecule has 1 fully saturated rings. The largest absolute Gasteiger partial charge is 0.508 e. The van der Waals surface area contributed by atoms with Gasteiger partial charge in [0, 0.05) is 25.9 Å². The number of carbonyl (C=O) groups is 3. The summed E-state index contributed by atoms with van der Waals surface area (Å²) in [6.45, 7) is 9.15. The Balaban J connectivity index is 1.57. The van der Waals surface area contributed by atoms with E-state index in [-0.39, 0.29) is 54.2 Å². The molecule has 12 nitrogen and oxygen atoms in total. The third kappa shape index (κ3) is 10.7. The highest BCUT2D eigenvalue weighted by Gasteiger charge is 2.37. The summed E-state index contributed by atoms with van der Waals surface area (Å²) in [7, 11) is 0. The number of ether oxygens (including phenoxy) is 1. The van der Waals surface area contributed by atoms with Gasteiger partial charge in [0.05, 0.1) is 24.8 Å². The first-order valence-corrected chi connectivity index (χ1v) is 17.6. The van der Waals surface area contributed by atoms with Crippen LogP contribution in [0.1, 0.15) is 64.5 Å². The van der Waals surface area contributed by atoms with Crippen molar-refractivity contribution < 1.29 is 39.4 Å². The summed E-state index contributed by atoms with van der Waals surface area (Å²) in [6.07, 6.45) is 1.88. The number of nitrogens with one attached hydrogen (secondary N) is 4. The average Bonchev–Trinajstić information content (AvgIpc) is 3.49. The fourth-order valence-electron chi connectivity index (χ4n) is 6.38. The van der Waals surface area contributed by atoms with Crippen molar-refractivity contribution in [1.82, 2.24) is 20.9 Å². The molecule has 3 amide bonds. The van der Waals surface area contributed by atoms with Crippen LogP contribution < -0.4 is 25.7 Å². The molecule has 1 unspecified atom stereocenters. The van der Waals surface area contributed by atoms with Crippen LogP contribution in [0.15, 0.2) is 48.5 Å². The Morgan fingerprint density at radius 3 is 2.41 bits per heavy atom. The fraction of sp³-hybridized carbons (Fsp3) is 0.568. The Labute approximate surface area is 289 Å². The van der Waals surface area contributed by atoms with Crippen molar-refractivity contribution >= 4 is 23.6 Å². The predicted molar refractivity (Wildman–Crippen MR) is 186 cm³/mol. The molecule has 6 atom stereocenters. The van der Waals surface area contributed by atoms with Crippen molar-refractivity contribution in [1.29, 1.82) is 0 Å². The van der Waals surface area contributed by atoms with Crippen LogP contribution in [0.3, 0.4) is 0 Å². The summed E-state index contributed by atoms with van der Waals surface area (Å²) < 4.78 is 5.84. The Morgan fingerprint density at radius 2 is 1.78 bits per heavy atom. The number of phenols is 1. The van der Waals surface area contributed by atoms with Crippen molar-refractivity contribution in [3.8, 4) is 11.5 Å². The number of phenolic OH excluding ortho intramolecular Hbond substituents is 1. The topological polar surface area (TPSA) is 174 Å². The van der Waals surface area contributed by atoms with E-state index in [0.29, 0.717) is 51.1 Å². The second kappa shape index (κ2) is 18.0. The van der Waals surface area contributed by atoms with E-state index in [9.17, 15) is 29.7 Å². The highest BCUT2D eigenvalue weighted by atomic mass is 16.5. The number of fused-ring (bicyclic) bond motifs is 11. The molecule has 0 aromatic heterocycles. The van der Waals surface area contributed by atoms with Gasteiger partial charge in [0.2, 0.25) is 17.7 Å². The first-order chi connectivity index (χ1) is 23.5. The first-order valence-electron chi connectivity index (χ1n) is 17.6. The second-order valence-corrected chi connectivity index (χ2v) is 13.6. The predicted octanol–water partition coefficient (Wildman–Crippen LogP) is 0.979. The molecule has 1 saturated heterocycles. The van der Waals surface area contributed by atoms with Crippen LogP contribution in [-0.4, -0.2) is 100 Å². The molecule has 0 aliphatic carbocycles. The van der Waals surface area contributed by atoms with Gasteiger partial charge in [0.15, 0.2) is 6.04 Å². The summed E-state index contributed by atoms with van der Waals surface area (Å²) in [4.78, 5) is 44.9. The number of rotatable bonds is 12. The van der Waals surface area contributed by atoms with Gasteiger partial charge in [-0.25, -0.2) is 4.99 Å². The number of aliphatic hydroxyl groups excluding tert-OH is 2. The Kier molecular flexibility index (Phi) is 13.8. The van der Waals surface area contributed by atoms with Gasteiger partial charge in [-0.2, -0.15) is 0 Å². The van der Waals surface area contributed by atoms with Crippen molar-refractivity contribution in [2.75, 3.05) is 26.2 Å². The minimum atomic E-state index is -1.13. The lowest BCUT2D eigenvalue weighted by atomic mass is 9.96. The molecule has 2 bridgehead atoms. The lowest BCUT2D eigenvalue weighted by Crippen LogP contribution is -2.77. The van der Waals surface area contributed by atoms with Gasteiger partial charge < -0.3 is 40.9 Å². The third-order valence-corrected chi connectivity index (χ3v) is 9.48. The van der Waals surface area contributed by atoms with Gasteiger partial charge in [-0.05, 0) is 66.5 Å². The molecule has 7 N–H and O–H groups in total. The van der Waals surface area contributed by atoms with Crippen LogP contribution >= 0.6 is 0 Å². The molecular weight excluding hydrogens is 626 g/mol. The van der Waals surface area contributed by atoms with E-state index in [4.69, 9.17) is 4.74 Å². The van der Waals surface area contributed by atoms with Gasteiger partial charge in [-0.15, -0.1) is 0 Å². The minimum Gasteiger partial charge on any atom is -0.508 e. The SMILES string of the molecule is CCC(C)[C@@H]1NC(=O)[C@@H](NC[C@@H](O)[C@H](Cc2ccc(O)cc2)NC(=O)[C@H](C(C)C)N2CCCC2=O)Cc2ccc(cc2)OCCC[NH+]=C1O. The molecule has 0 saturated carbocycles. The number of likely N-dealkylation sites (tertiary alicyclic amines) is 1. The molecule has 5 rings (SSSR count). The first kappa shape index (κ1) is 37.7. The number of carbonyl (C=O) groups excluding carboxylic acids is 3. The van der Waals surface area contributed by atoms with Gasteiger partial charge in [-0.1, -0.05) is 58.4 Å². The summed E-state index contributed by atoms with van der Waals surface area (Å²) in [5.74, 6) is -0.166. The smallest absolute Gasteiger partial charge is 0.355 e. The summed E-state index contributed by atoms with van der Waals surface area (Å²) in [6, 6.07) is 11.2. The Hall–Kier alpha value is -4.16. The monoisotopic (exact) mass is 680 g/mol. The van der Waals surface area contributed by atoms with E-state index in [1.165, 1.54) is 0 Å². The van der Waals surface area contributed by atoms with Crippen LogP contribution in [0.4, 0.5) is 0 Å². The maximum atomic E-state index is 13.9. The number of hydrogen-bond donors (Lipinski definition) is 7. The number of nitrogens with zero attached hydrogens (tertiary/aromatic N) is 1. The van der Waals surface area contributed by atoms with Crippen LogP contribution in [0.2, 0.25) is 0 Å². The highest BCUT2D eigenvalue weighted by molar-refractivity contribution is 5.89. The minimum absolute atomic E-state index is 0.0104. The highest BCUT2D eigenvalue weighted by Crippen LogP contribution is 2.21. The number of hydrogen-bond acceptors (Lipinski definition) is 7. The van der Waals surface area contributed by atoms with E-state index in [0.717, 1.165) is 17.5 Å². The van der Waals surface area contributed by atoms with E-state index in [1.54, 1.807) is 29.2 Å². The van der Waals surface area contributed by atoms with E-state index >= 15 is 0 Å². The zero-order chi connectivity index (χ0) is 35.5. The van der Waals surface area contributed by atoms with E-state index in [1.807, 2.05) is 52.0 Å². The lowest BCUT2D eigenvalue weighted by molar-refractivity contribution is -0.469. The Bertz CT molecular complexity index is 1420. The van der Waals surface area contributed by atoms with Crippen LogP contribution in [0.25, 0.3) is 0 Å². The van der Waals surface area contributed by atoms with E-state index in [2.05, 4.69) is 20.9 Å². The summed E-state index contributed by atoms with van der Waals surface area (Å²) >= 11 is 0. The van der Waals surface area contributed by atoms with Crippen LogP contribution in [0.5, 0.6) is 11.5 Å². The molecule has 2 aromatic rings. The zero-order valence-electron chi connectivity index (χ0n) is 29.2. The van der Waals surface area contributed by atoms with Crippen molar-refractivity contribution in [3.63, 3.8) is 0 Å². The molecular formula is C37H54N5O7+. The molecule has 0 radical (unpaired) electrons. The molecule has 12 heteroatoms. The second-order valence-electron chi connectivity index (χ2n) is 13.6.